The molecule has 1 aromatic heterocycles. The van der Waals surface area contributed by atoms with Gasteiger partial charge in [-0.15, -0.1) is 0 Å². The lowest BCUT2D eigenvalue weighted by Crippen LogP contribution is -2.24. The Hall–Kier alpha value is -2.42. The molecule has 0 aliphatic rings. The summed E-state index contributed by atoms with van der Waals surface area (Å²) in [5.41, 5.74) is 4.38. The molecule has 0 fully saturated rings. The summed E-state index contributed by atoms with van der Waals surface area (Å²) in [6.07, 6.45) is 8.19. The molecule has 3 nitrogen and oxygen atoms in total. The number of carbonyl (C=O) groups excluding carboxylic acids is 1. The Morgan fingerprint density at radius 1 is 1.24 bits per heavy atom. The molecule has 1 N–H and O–H groups in total. The van der Waals surface area contributed by atoms with Crippen molar-refractivity contribution in [3.63, 3.8) is 0 Å². The van der Waals surface area contributed by atoms with Crippen molar-refractivity contribution in [1.29, 1.82) is 0 Å². The lowest BCUT2D eigenvalue weighted by Gasteiger charge is -2.03. The quantitative estimate of drug-likeness (QED) is 0.851. The van der Waals surface area contributed by atoms with E-state index in [-0.39, 0.29) is 5.91 Å². The molecule has 0 saturated carbocycles. The zero-order chi connectivity index (χ0) is 15.1. The first-order valence-electron chi connectivity index (χ1n) is 7.09. The zero-order valence-corrected chi connectivity index (χ0v) is 12.5. The van der Waals surface area contributed by atoms with E-state index in [4.69, 9.17) is 0 Å². The van der Waals surface area contributed by atoms with Crippen LogP contribution < -0.4 is 5.32 Å². The SMILES string of the molecule is Cc1ccc(/C=C/CCNC(=O)c2cccnc2)cc1C. The average molecular weight is 280 g/mol. The molecule has 0 bridgehead atoms. The third kappa shape index (κ3) is 4.56. The molecule has 1 amide bonds. The highest BCUT2D eigenvalue weighted by atomic mass is 16.1. The van der Waals surface area contributed by atoms with Crippen molar-refractivity contribution in [2.24, 2.45) is 0 Å². The van der Waals surface area contributed by atoms with E-state index < -0.39 is 0 Å². The topological polar surface area (TPSA) is 42.0 Å². The van der Waals surface area contributed by atoms with Crippen LogP contribution in [0.4, 0.5) is 0 Å². The van der Waals surface area contributed by atoms with Crippen molar-refractivity contribution in [2.45, 2.75) is 20.3 Å². The molecule has 1 aromatic carbocycles. The summed E-state index contributed by atoms with van der Waals surface area (Å²) in [6, 6.07) is 9.91. The van der Waals surface area contributed by atoms with E-state index in [1.807, 2.05) is 0 Å². The Balaban J connectivity index is 1.78. The Labute approximate surface area is 125 Å². The maximum Gasteiger partial charge on any atom is 0.252 e. The molecule has 21 heavy (non-hydrogen) atoms. The van der Waals surface area contributed by atoms with Crippen molar-refractivity contribution in [1.82, 2.24) is 10.3 Å². The largest absolute Gasteiger partial charge is 0.352 e. The summed E-state index contributed by atoms with van der Waals surface area (Å²) < 4.78 is 0. The van der Waals surface area contributed by atoms with Crippen molar-refractivity contribution >= 4 is 12.0 Å². The van der Waals surface area contributed by atoms with Crippen molar-refractivity contribution in [2.75, 3.05) is 6.54 Å². The fraction of sp³-hybridized carbons (Fsp3) is 0.222. The number of aryl methyl sites for hydroxylation is 2. The number of carbonyl (C=O) groups is 1. The third-order valence-electron chi connectivity index (χ3n) is 3.36. The fourth-order valence-electron chi connectivity index (χ4n) is 1.96. The second-order valence-electron chi connectivity index (χ2n) is 5.03. The number of rotatable bonds is 5. The van der Waals surface area contributed by atoms with Crippen LogP contribution in [-0.2, 0) is 0 Å². The summed E-state index contributed by atoms with van der Waals surface area (Å²) in [5, 5.41) is 2.88. The predicted molar refractivity (Wildman–Crippen MR) is 86.1 cm³/mol. The molecule has 2 rings (SSSR count). The van der Waals surface area contributed by atoms with Crippen LogP contribution in [0.15, 0.2) is 48.8 Å². The second-order valence-corrected chi connectivity index (χ2v) is 5.03. The van der Waals surface area contributed by atoms with E-state index >= 15 is 0 Å². The molecule has 108 valence electrons. The van der Waals surface area contributed by atoms with Crippen LogP contribution in [0.1, 0.15) is 33.5 Å². The number of amides is 1. The van der Waals surface area contributed by atoms with Gasteiger partial charge in [-0.2, -0.15) is 0 Å². The van der Waals surface area contributed by atoms with Gasteiger partial charge in [-0.25, -0.2) is 0 Å². The first-order chi connectivity index (χ1) is 10.2. The third-order valence-corrected chi connectivity index (χ3v) is 3.36. The molecule has 2 aromatic rings. The molecular formula is C18H20N2O. The molecule has 0 aliphatic heterocycles. The first kappa shape index (κ1) is 15.0. The standard InChI is InChI=1S/C18H20N2O/c1-14-8-9-16(12-15(14)2)6-3-4-11-20-18(21)17-7-5-10-19-13-17/h3,5-10,12-13H,4,11H2,1-2H3,(H,20,21)/b6-3+. The fourth-order valence-corrected chi connectivity index (χ4v) is 1.96. The van der Waals surface area contributed by atoms with Crippen LogP contribution in [0.5, 0.6) is 0 Å². The molecule has 1 heterocycles. The summed E-state index contributed by atoms with van der Waals surface area (Å²) in [7, 11) is 0. The van der Waals surface area contributed by atoms with E-state index in [1.165, 1.54) is 16.7 Å². The van der Waals surface area contributed by atoms with Gasteiger partial charge in [-0.05, 0) is 49.1 Å². The summed E-state index contributed by atoms with van der Waals surface area (Å²) >= 11 is 0. The number of benzene rings is 1. The smallest absolute Gasteiger partial charge is 0.252 e. The van der Waals surface area contributed by atoms with Crippen molar-refractivity contribution in [3.8, 4) is 0 Å². The van der Waals surface area contributed by atoms with Crippen LogP contribution >= 0.6 is 0 Å². The zero-order valence-electron chi connectivity index (χ0n) is 12.5. The van der Waals surface area contributed by atoms with Gasteiger partial charge in [0.25, 0.3) is 5.91 Å². The molecule has 0 unspecified atom stereocenters. The van der Waals surface area contributed by atoms with Gasteiger partial charge in [-0.1, -0.05) is 30.4 Å². The number of nitrogens with zero attached hydrogens (tertiary/aromatic N) is 1. The second kappa shape index (κ2) is 7.39. The highest BCUT2D eigenvalue weighted by Gasteiger charge is 2.02. The lowest BCUT2D eigenvalue weighted by atomic mass is 10.1. The van der Waals surface area contributed by atoms with Crippen LogP contribution in [0.2, 0.25) is 0 Å². The summed E-state index contributed by atoms with van der Waals surface area (Å²) in [6.45, 7) is 4.84. The Kier molecular flexibility index (Phi) is 5.27. The van der Waals surface area contributed by atoms with Crippen molar-refractivity contribution in [3.05, 3.63) is 71.1 Å². The van der Waals surface area contributed by atoms with Gasteiger partial charge in [-0.3, -0.25) is 9.78 Å². The normalized spacial score (nSPS) is 10.8. The highest BCUT2D eigenvalue weighted by molar-refractivity contribution is 5.93. The van der Waals surface area contributed by atoms with Crippen LogP contribution in [-0.4, -0.2) is 17.4 Å². The maximum absolute atomic E-state index is 11.8. The van der Waals surface area contributed by atoms with Crippen LogP contribution in [0.3, 0.4) is 0 Å². The van der Waals surface area contributed by atoms with E-state index in [9.17, 15) is 4.79 Å². The van der Waals surface area contributed by atoms with E-state index in [0.29, 0.717) is 12.1 Å². The summed E-state index contributed by atoms with van der Waals surface area (Å²) in [5.74, 6) is -0.0809. The van der Waals surface area contributed by atoms with E-state index in [0.717, 1.165) is 6.42 Å². The van der Waals surface area contributed by atoms with Crippen LogP contribution in [0.25, 0.3) is 6.08 Å². The Morgan fingerprint density at radius 2 is 2.10 bits per heavy atom. The molecule has 0 spiro atoms. The van der Waals surface area contributed by atoms with E-state index in [1.54, 1.807) is 24.5 Å². The van der Waals surface area contributed by atoms with Gasteiger partial charge in [0.05, 0.1) is 5.56 Å². The lowest BCUT2D eigenvalue weighted by molar-refractivity contribution is 0.0954. The minimum atomic E-state index is -0.0809. The number of aromatic nitrogens is 1. The molecule has 0 atom stereocenters. The van der Waals surface area contributed by atoms with Gasteiger partial charge in [0.1, 0.15) is 0 Å². The van der Waals surface area contributed by atoms with E-state index in [2.05, 4.69) is 54.5 Å². The average Bonchev–Trinajstić information content (AvgIpc) is 2.51. The van der Waals surface area contributed by atoms with Crippen molar-refractivity contribution < 1.29 is 4.79 Å². The first-order valence-corrected chi connectivity index (χ1v) is 7.09. The summed E-state index contributed by atoms with van der Waals surface area (Å²) in [4.78, 5) is 15.7. The Bertz CT molecular complexity index is 633. The minimum Gasteiger partial charge on any atom is -0.352 e. The Morgan fingerprint density at radius 3 is 2.81 bits per heavy atom. The number of pyridine rings is 1. The molecule has 0 radical (unpaired) electrons. The minimum absolute atomic E-state index is 0.0809. The maximum atomic E-state index is 11.8. The molecular weight excluding hydrogens is 260 g/mol. The molecule has 0 aliphatic carbocycles. The van der Waals surface area contributed by atoms with Gasteiger partial charge in [0, 0.05) is 18.9 Å². The molecule has 0 saturated heterocycles. The highest BCUT2D eigenvalue weighted by Crippen LogP contribution is 2.11. The van der Waals surface area contributed by atoms with Gasteiger partial charge in [0.2, 0.25) is 0 Å². The van der Waals surface area contributed by atoms with Gasteiger partial charge in [0.15, 0.2) is 0 Å². The molecule has 3 heteroatoms. The predicted octanol–water partition coefficient (Wildman–Crippen LogP) is 3.53. The number of hydrogen-bond donors (Lipinski definition) is 1. The van der Waals surface area contributed by atoms with Crippen LogP contribution in [0, 0.1) is 13.8 Å². The number of hydrogen-bond acceptors (Lipinski definition) is 2. The van der Waals surface area contributed by atoms with Gasteiger partial charge < -0.3 is 5.32 Å². The number of nitrogens with one attached hydrogen (secondary N) is 1. The van der Waals surface area contributed by atoms with Gasteiger partial charge >= 0.3 is 0 Å². The monoisotopic (exact) mass is 280 g/mol.